The molecule has 1 aromatic rings. The van der Waals surface area contributed by atoms with Gasteiger partial charge >= 0.3 is 0 Å². The standard InChI is InChI=1S/C13H22N2O2S2.ClH/c1-3-11-5-6-12(18-11)19(16,17)15-10-13(2)7-4-8-14-9-13;/h5-6,14-15H,3-4,7-10H2,1-2H3;1H. The van der Waals surface area contributed by atoms with Gasteiger partial charge in [-0.3, -0.25) is 0 Å². The molecular formula is C13H23ClN2O2S2. The van der Waals surface area contributed by atoms with Gasteiger partial charge < -0.3 is 5.32 Å². The van der Waals surface area contributed by atoms with Crippen molar-refractivity contribution in [2.24, 2.45) is 5.41 Å². The van der Waals surface area contributed by atoms with Crippen LogP contribution in [0.25, 0.3) is 0 Å². The Hall–Kier alpha value is -0.140. The zero-order chi connectivity index (χ0) is 13.9. The topological polar surface area (TPSA) is 58.2 Å². The quantitative estimate of drug-likeness (QED) is 0.866. The molecule has 1 aliphatic heterocycles. The van der Waals surface area contributed by atoms with Gasteiger partial charge in [-0.15, -0.1) is 23.7 Å². The van der Waals surface area contributed by atoms with E-state index >= 15 is 0 Å². The molecule has 1 aliphatic rings. The zero-order valence-electron chi connectivity index (χ0n) is 11.9. The minimum Gasteiger partial charge on any atom is -0.316 e. The SMILES string of the molecule is CCc1ccc(S(=O)(=O)NCC2(C)CCCNC2)s1.Cl. The summed E-state index contributed by atoms with van der Waals surface area (Å²) in [6, 6.07) is 3.59. The molecule has 0 amide bonds. The van der Waals surface area contributed by atoms with Crippen LogP contribution in [0.4, 0.5) is 0 Å². The van der Waals surface area contributed by atoms with E-state index in [0.29, 0.717) is 10.8 Å². The van der Waals surface area contributed by atoms with Crippen LogP contribution in [-0.4, -0.2) is 28.1 Å². The minimum absolute atomic E-state index is 0. The predicted molar refractivity (Wildman–Crippen MR) is 86.3 cm³/mol. The third-order valence-corrected chi connectivity index (χ3v) is 6.75. The highest BCUT2D eigenvalue weighted by atomic mass is 35.5. The fraction of sp³-hybridized carbons (Fsp3) is 0.692. The molecule has 0 spiro atoms. The third-order valence-electron chi connectivity index (χ3n) is 3.62. The fourth-order valence-corrected chi connectivity index (χ4v) is 4.84. The molecule has 0 saturated carbocycles. The van der Waals surface area contributed by atoms with E-state index in [1.807, 2.05) is 13.0 Å². The van der Waals surface area contributed by atoms with Crippen molar-refractivity contribution in [1.82, 2.24) is 10.0 Å². The third kappa shape index (κ3) is 4.43. The van der Waals surface area contributed by atoms with E-state index in [-0.39, 0.29) is 17.8 Å². The molecule has 1 fully saturated rings. The maximum Gasteiger partial charge on any atom is 0.250 e. The first-order valence-electron chi connectivity index (χ1n) is 6.74. The summed E-state index contributed by atoms with van der Waals surface area (Å²) in [6.07, 6.45) is 3.05. The molecule has 116 valence electrons. The monoisotopic (exact) mass is 338 g/mol. The molecule has 2 heterocycles. The van der Waals surface area contributed by atoms with E-state index in [1.54, 1.807) is 6.07 Å². The van der Waals surface area contributed by atoms with E-state index in [4.69, 9.17) is 0 Å². The molecule has 0 radical (unpaired) electrons. The van der Waals surface area contributed by atoms with Crippen LogP contribution in [0.1, 0.15) is 31.6 Å². The maximum absolute atomic E-state index is 12.2. The lowest BCUT2D eigenvalue weighted by molar-refractivity contribution is 0.238. The number of sulfonamides is 1. The van der Waals surface area contributed by atoms with Gasteiger partial charge in [-0.2, -0.15) is 0 Å². The van der Waals surface area contributed by atoms with Crippen LogP contribution >= 0.6 is 23.7 Å². The summed E-state index contributed by atoms with van der Waals surface area (Å²) in [5.74, 6) is 0. The number of nitrogens with one attached hydrogen (secondary N) is 2. The molecule has 1 aromatic heterocycles. The van der Waals surface area contributed by atoms with E-state index in [2.05, 4.69) is 17.0 Å². The summed E-state index contributed by atoms with van der Waals surface area (Å²) < 4.78 is 27.6. The van der Waals surface area contributed by atoms with Crippen LogP contribution in [0.2, 0.25) is 0 Å². The second-order valence-electron chi connectivity index (χ2n) is 5.49. The molecule has 0 aromatic carbocycles. The van der Waals surface area contributed by atoms with Gasteiger partial charge in [0.05, 0.1) is 0 Å². The van der Waals surface area contributed by atoms with Gasteiger partial charge in [0.15, 0.2) is 0 Å². The summed E-state index contributed by atoms with van der Waals surface area (Å²) in [5, 5.41) is 3.33. The van der Waals surface area contributed by atoms with E-state index in [1.165, 1.54) is 11.3 Å². The van der Waals surface area contributed by atoms with Crippen LogP contribution in [0.5, 0.6) is 0 Å². The summed E-state index contributed by atoms with van der Waals surface area (Å²) in [4.78, 5) is 1.10. The highest BCUT2D eigenvalue weighted by Crippen LogP contribution is 2.26. The van der Waals surface area contributed by atoms with E-state index in [9.17, 15) is 8.42 Å². The Kier molecular flexibility index (Phi) is 6.47. The number of halogens is 1. The van der Waals surface area contributed by atoms with Crippen molar-refractivity contribution in [2.75, 3.05) is 19.6 Å². The smallest absolute Gasteiger partial charge is 0.250 e. The second kappa shape index (κ2) is 7.22. The lowest BCUT2D eigenvalue weighted by Gasteiger charge is -2.34. The fourth-order valence-electron chi connectivity index (χ4n) is 2.30. The number of aryl methyl sites for hydroxylation is 1. The molecule has 2 rings (SSSR count). The van der Waals surface area contributed by atoms with Crippen molar-refractivity contribution in [3.8, 4) is 0 Å². The first-order valence-corrected chi connectivity index (χ1v) is 9.04. The number of rotatable bonds is 5. The molecule has 2 N–H and O–H groups in total. The van der Waals surface area contributed by atoms with Crippen molar-refractivity contribution in [1.29, 1.82) is 0 Å². The lowest BCUT2D eigenvalue weighted by Crippen LogP contribution is -2.45. The largest absolute Gasteiger partial charge is 0.316 e. The Bertz CT molecular complexity index is 522. The van der Waals surface area contributed by atoms with Crippen LogP contribution in [0, 0.1) is 5.41 Å². The molecule has 20 heavy (non-hydrogen) atoms. The Morgan fingerprint density at radius 1 is 1.45 bits per heavy atom. The normalized spacial score (nSPS) is 23.3. The average Bonchev–Trinajstić information content (AvgIpc) is 2.87. The van der Waals surface area contributed by atoms with Crippen LogP contribution in [0.15, 0.2) is 16.3 Å². The van der Waals surface area contributed by atoms with Crippen molar-refractivity contribution in [3.05, 3.63) is 17.0 Å². The zero-order valence-corrected chi connectivity index (χ0v) is 14.4. The number of piperidine rings is 1. The van der Waals surface area contributed by atoms with Crippen molar-refractivity contribution in [3.63, 3.8) is 0 Å². The van der Waals surface area contributed by atoms with Gasteiger partial charge in [0.2, 0.25) is 10.0 Å². The summed E-state index contributed by atoms with van der Waals surface area (Å²) in [5.41, 5.74) is 0.0240. The summed E-state index contributed by atoms with van der Waals surface area (Å²) in [7, 11) is -3.35. The van der Waals surface area contributed by atoms with Gasteiger partial charge in [-0.1, -0.05) is 13.8 Å². The van der Waals surface area contributed by atoms with E-state index in [0.717, 1.165) is 37.2 Å². The van der Waals surface area contributed by atoms with Gasteiger partial charge in [0.25, 0.3) is 0 Å². The average molecular weight is 339 g/mol. The Morgan fingerprint density at radius 3 is 2.75 bits per heavy atom. The van der Waals surface area contributed by atoms with Gasteiger partial charge in [-0.25, -0.2) is 13.1 Å². The number of hydrogen-bond acceptors (Lipinski definition) is 4. The Labute approximate surface area is 131 Å². The van der Waals surface area contributed by atoms with Crippen LogP contribution in [-0.2, 0) is 16.4 Å². The summed E-state index contributed by atoms with van der Waals surface area (Å²) in [6.45, 7) is 6.58. The van der Waals surface area contributed by atoms with Crippen LogP contribution in [0.3, 0.4) is 0 Å². The van der Waals surface area contributed by atoms with Crippen molar-refractivity contribution in [2.45, 2.75) is 37.3 Å². The molecule has 4 nitrogen and oxygen atoms in total. The van der Waals surface area contributed by atoms with Gasteiger partial charge in [0.1, 0.15) is 4.21 Å². The summed E-state index contributed by atoms with van der Waals surface area (Å²) >= 11 is 1.36. The van der Waals surface area contributed by atoms with Crippen LogP contribution < -0.4 is 10.0 Å². The molecule has 0 aliphatic carbocycles. The Morgan fingerprint density at radius 2 is 2.20 bits per heavy atom. The van der Waals surface area contributed by atoms with Crippen molar-refractivity contribution < 1.29 is 8.42 Å². The van der Waals surface area contributed by atoms with Crippen molar-refractivity contribution >= 4 is 33.8 Å². The second-order valence-corrected chi connectivity index (χ2v) is 8.65. The molecule has 1 unspecified atom stereocenters. The molecular weight excluding hydrogens is 316 g/mol. The van der Waals surface area contributed by atoms with Gasteiger partial charge in [0, 0.05) is 18.0 Å². The first kappa shape index (κ1) is 17.9. The maximum atomic E-state index is 12.2. The number of thiophene rings is 1. The molecule has 0 bridgehead atoms. The molecule has 7 heteroatoms. The minimum atomic E-state index is -3.35. The highest BCUT2D eigenvalue weighted by Gasteiger charge is 2.29. The Balaban J connectivity index is 0.00000200. The predicted octanol–water partition coefficient (Wildman–Crippen LogP) is 2.40. The number of hydrogen-bond donors (Lipinski definition) is 2. The van der Waals surface area contributed by atoms with E-state index < -0.39 is 10.0 Å². The first-order chi connectivity index (χ1) is 8.95. The highest BCUT2D eigenvalue weighted by molar-refractivity contribution is 7.91. The molecule has 1 saturated heterocycles. The molecule has 1 atom stereocenters. The van der Waals surface area contributed by atoms with Gasteiger partial charge in [-0.05, 0) is 43.4 Å². The lowest BCUT2D eigenvalue weighted by atomic mass is 9.83.